The van der Waals surface area contributed by atoms with E-state index in [1.807, 2.05) is 6.92 Å². The summed E-state index contributed by atoms with van der Waals surface area (Å²) in [6.45, 7) is 6.13. The molecular formula is C14H24N2O2. The average molecular weight is 252 g/mol. The largest absolute Gasteiger partial charge is 0.432 e. The van der Waals surface area contributed by atoms with Crippen LogP contribution >= 0.6 is 0 Å². The molecule has 1 N–H and O–H groups in total. The molecule has 102 valence electrons. The number of aromatic nitrogens is 1. The van der Waals surface area contributed by atoms with Gasteiger partial charge in [0.2, 0.25) is 5.91 Å². The van der Waals surface area contributed by atoms with Gasteiger partial charge in [0, 0.05) is 5.92 Å². The Morgan fingerprint density at radius 3 is 2.39 bits per heavy atom. The maximum Gasteiger partial charge on any atom is 0.301 e. The summed E-state index contributed by atoms with van der Waals surface area (Å²) in [6, 6.07) is 0.315. The van der Waals surface area contributed by atoms with Crippen LogP contribution in [0.1, 0.15) is 58.1 Å². The fraction of sp³-hybridized carbons (Fsp3) is 0.714. The molecule has 1 aromatic rings. The number of rotatable bonds is 8. The van der Waals surface area contributed by atoms with Crippen LogP contribution in [0.15, 0.2) is 10.7 Å². The van der Waals surface area contributed by atoms with Gasteiger partial charge in [0.05, 0.1) is 5.69 Å². The average Bonchev–Trinajstić information content (AvgIpc) is 2.75. The van der Waals surface area contributed by atoms with Crippen molar-refractivity contribution in [1.82, 2.24) is 4.98 Å². The number of carbonyl (C=O) groups excluding carboxylic acids is 1. The van der Waals surface area contributed by atoms with Crippen molar-refractivity contribution in [2.45, 2.75) is 59.3 Å². The van der Waals surface area contributed by atoms with Gasteiger partial charge in [-0.2, -0.15) is 4.98 Å². The molecule has 0 spiro atoms. The zero-order chi connectivity index (χ0) is 13.4. The van der Waals surface area contributed by atoms with Crippen molar-refractivity contribution in [2.75, 3.05) is 5.32 Å². The Morgan fingerprint density at radius 2 is 1.94 bits per heavy atom. The molecule has 4 heteroatoms. The van der Waals surface area contributed by atoms with Gasteiger partial charge in [-0.05, 0) is 19.8 Å². The lowest BCUT2D eigenvalue weighted by atomic mass is 9.95. The Morgan fingerprint density at radius 1 is 1.33 bits per heavy atom. The fourth-order valence-corrected chi connectivity index (χ4v) is 1.93. The van der Waals surface area contributed by atoms with Crippen molar-refractivity contribution in [2.24, 2.45) is 5.92 Å². The van der Waals surface area contributed by atoms with Crippen molar-refractivity contribution in [3.05, 3.63) is 12.0 Å². The van der Waals surface area contributed by atoms with Crippen molar-refractivity contribution in [3.63, 3.8) is 0 Å². The first-order valence-electron chi connectivity index (χ1n) is 6.90. The van der Waals surface area contributed by atoms with E-state index in [-0.39, 0.29) is 11.8 Å². The monoisotopic (exact) mass is 252 g/mol. The number of oxazole rings is 1. The van der Waals surface area contributed by atoms with Crippen LogP contribution < -0.4 is 5.32 Å². The summed E-state index contributed by atoms with van der Waals surface area (Å²) >= 11 is 0. The standard InChI is InChI=1S/C14H24N2O2/c1-4-6-8-12(9-7-5-2)13(17)16-14-15-11(3)10-18-14/h10,12H,4-9H2,1-3H3,(H,15,16,17). The summed E-state index contributed by atoms with van der Waals surface area (Å²) in [6.07, 6.45) is 7.85. The van der Waals surface area contributed by atoms with Gasteiger partial charge in [0.15, 0.2) is 0 Å². The minimum atomic E-state index is 0.0405. The maximum atomic E-state index is 12.1. The highest BCUT2D eigenvalue weighted by atomic mass is 16.4. The number of hydrogen-bond donors (Lipinski definition) is 1. The van der Waals surface area contributed by atoms with Gasteiger partial charge in [-0.15, -0.1) is 0 Å². The van der Waals surface area contributed by atoms with Gasteiger partial charge in [0.25, 0.3) is 0 Å². The normalized spacial score (nSPS) is 10.9. The molecule has 0 aliphatic heterocycles. The molecule has 0 aromatic carbocycles. The van der Waals surface area contributed by atoms with Crippen LogP contribution in [0.2, 0.25) is 0 Å². The number of anilines is 1. The number of amides is 1. The first-order valence-corrected chi connectivity index (χ1v) is 6.90. The second-order valence-electron chi connectivity index (χ2n) is 4.76. The van der Waals surface area contributed by atoms with Crippen LogP contribution in [0, 0.1) is 12.8 Å². The van der Waals surface area contributed by atoms with Crippen LogP contribution in [-0.4, -0.2) is 10.9 Å². The number of nitrogens with zero attached hydrogens (tertiary/aromatic N) is 1. The van der Waals surface area contributed by atoms with E-state index in [1.165, 1.54) is 0 Å². The number of carbonyl (C=O) groups is 1. The third-order valence-corrected chi connectivity index (χ3v) is 3.03. The summed E-state index contributed by atoms with van der Waals surface area (Å²) in [7, 11) is 0. The molecule has 0 fully saturated rings. The minimum absolute atomic E-state index is 0.0405. The molecule has 18 heavy (non-hydrogen) atoms. The highest BCUT2D eigenvalue weighted by molar-refractivity contribution is 5.90. The smallest absolute Gasteiger partial charge is 0.301 e. The SMILES string of the molecule is CCCCC(CCCC)C(=O)Nc1nc(C)co1. The molecule has 1 rings (SSSR count). The third kappa shape index (κ3) is 4.90. The zero-order valence-corrected chi connectivity index (χ0v) is 11.7. The summed E-state index contributed by atoms with van der Waals surface area (Å²) in [5.41, 5.74) is 0.781. The predicted molar refractivity (Wildman–Crippen MR) is 72.4 cm³/mol. The molecule has 1 amide bonds. The zero-order valence-electron chi connectivity index (χ0n) is 11.7. The van der Waals surface area contributed by atoms with Gasteiger partial charge in [-0.3, -0.25) is 10.1 Å². The van der Waals surface area contributed by atoms with Gasteiger partial charge in [-0.25, -0.2) is 0 Å². The summed E-state index contributed by atoms with van der Waals surface area (Å²) in [5, 5.41) is 2.76. The van der Waals surface area contributed by atoms with Gasteiger partial charge in [-0.1, -0.05) is 39.5 Å². The first-order chi connectivity index (χ1) is 8.67. The fourth-order valence-electron chi connectivity index (χ4n) is 1.93. The van der Waals surface area contributed by atoms with E-state index in [9.17, 15) is 4.79 Å². The Bertz CT molecular complexity index is 352. The minimum Gasteiger partial charge on any atom is -0.432 e. The van der Waals surface area contributed by atoms with E-state index < -0.39 is 0 Å². The molecule has 1 heterocycles. The molecule has 0 bridgehead atoms. The molecule has 0 saturated carbocycles. The first kappa shape index (κ1) is 14.7. The summed E-state index contributed by atoms with van der Waals surface area (Å²) < 4.78 is 5.15. The maximum absolute atomic E-state index is 12.1. The van der Waals surface area contributed by atoms with E-state index in [0.29, 0.717) is 6.01 Å². The summed E-state index contributed by atoms with van der Waals surface area (Å²) in [4.78, 5) is 16.2. The van der Waals surface area contributed by atoms with E-state index in [0.717, 1.165) is 44.2 Å². The van der Waals surface area contributed by atoms with Crippen LogP contribution in [0.25, 0.3) is 0 Å². The molecule has 4 nitrogen and oxygen atoms in total. The number of hydrogen-bond acceptors (Lipinski definition) is 3. The molecule has 0 aliphatic rings. The quantitative estimate of drug-likeness (QED) is 0.763. The lowest BCUT2D eigenvalue weighted by molar-refractivity contribution is -0.120. The van der Waals surface area contributed by atoms with Crippen LogP contribution in [-0.2, 0) is 4.79 Å². The van der Waals surface area contributed by atoms with E-state index >= 15 is 0 Å². The second-order valence-corrected chi connectivity index (χ2v) is 4.76. The molecule has 0 saturated heterocycles. The van der Waals surface area contributed by atoms with E-state index in [1.54, 1.807) is 6.26 Å². The topological polar surface area (TPSA) is 55.1 Å². The Balaban J connectivity index is 2.51. The van der Waals surface area contributed by atoms with Gasteiger partial charge in [0.1, 0.15) is 6.26 Å². The van der Waals surface area contributed by atoms with Gasteiger partial charge >= 0.3 is 6.01 Å². The lowest BCUT2D eigenvalue weighted by Gasteiger charge is -2.14. The third-order valence-electron chi connectivity index (χ3n) is 3.03. The highest BCUT2D eigenvalue weighted by Crippen LogP contribution is 2.18. The van der Waals surface area contributed by atoms with Gasteiger partial charge < -0.3 is 4.42 Å². The lowest BCUT2D eigenvalue weighted by Crippen LogP contribution is -2.23. The highest BCUT2D eigenvalue weighted by Gasteiger charge is 2.18. The predicted octanol–water partition coefficient (Wildman–Crippen LogP) is 3.92. The molecule has 1 aromatic heterocycles. The van der Waals surface area contributed by atoms with Crippen molar-refractivity contribution >= 4 is 11.9 Å². The molecule has 0 aliphatic carbocycles. The van der Waals surface area contributed by atoms with Crippen molar-refractivity contribution in [3.8, 4) is 0 Å². The van der Waals surface area contributed by atoms with Crippen LogP contribution in [0.3, 0.4) is 0 Å². The summed E-state index contributed by atoms with van der Waals surface area (Å²) in [5.74, 6) is 0.121. The Kier molecular flexibility index (Phi) is 6.47. The Labute approximate surface area is 109 Å². The molecular weight excluding hydrogens is 228 g/mol. The Hall–Kier alpha value is -1.32. The second kappa shape index (κ2) is 7.90. The van der Waals surface area contributed by atoms with Crippen LogP contribution in [0.4, 0.5) is 6.01 Å². The van der Waals surface area contributed by atoms with E-state index in [2.05, 4.69) is 24.1 Å². The van der Waals surface area contributed by atoms with Crippen molar-refractivity contribution in [1.29, 1.82) is 0 Å². The molecule has 0 atom stereocenters. The number of aryl methyl sites for hydroxylation is 1. The number of unbranched alkanes of at least 4 members (excludes halogenated alkanes) is 2. The molecule has 0 radical (unpaired) electrons. The van der Waals surface area contributed by atoms with Crippen LogP contribution in [0.5, 0.6) is 0 Å². The van der Waals surface area contributed by atoms with E-state index in [4.69, 9.17) is 4.42 Å². The number of nitrogens with one attached hydrogen (secondary N) is 1. The van der Waals surface area contributed by atoms with Crippen molar-refractivity contribution < 1.29 is 9.21 Å². The molecule has 0 unspecified atom stereocenters.